The van der Waals surface area contributed by atoms with Crippen LogP contribution < -0.4 is 10.6 Å². The van der Waals surface area contributed by atoms with Gasteiger partial charge in [0.1, 0.15) is 0 Å². The molecule has 1 aliphatic heterocycles. The fourth-order valence-corrected chi connectivity index (χ4v) is 2.57. The van der Waals surface area contributed by atoms with Crippen molar-refractivity contribution < 1.29 is 14.3 Å². The summed E-state index contributed by atoms with van der Waals surface area (Å²) in [6.45, 7) is 8.83. The molecule has 136 valence electrons. The van der Waals surface area contributed by atoms with E-state index in [0.717, 1.165) is 38.4 Å². The van der Waals surface area contributed by atoms with Crippen molar-refractivity contribution in [2.24, 2.45) is 10.9 Å². The molecule has 24 heavy (non-hydrogen) atoms. The summed E-state index contributed by atoms with van der Waals surface area (Å²) in [6.07, 6.45) is 1.78. The molecule has 0 aromatic carbocycles. The van der Waals surface area contributed by atoms with Crippen LogP contribution in [0.1, 0.15) is 26.7 Å². The van der Waals surface area contributed by atoms with Gasteiger partial charge in [-0.15, -0.1) is 0 Å². The highest BCUT2D eigenvalue weighted by molar-refractivity contribution is 5.81. The Bertz CT molecular complexity index is 457. The molecule has 0 spiro atoms. The van der Waals surface area contributed by atoms with E-state index in [1.807, 2.05) is 13.8 Å². The Kier molecular flexibility index (Phi) is 7.14. The molecular weight excluding hydrogens is 310 g/mol. The summed E-state index contributed by atoms with van der Waals surface area (Å²) in [5, 5.41) is 6.19. The largest absolute Gasteiger partial charge is 0.450 e. The van der Waals surface area contributed by atoms with Crippen molar-refractivity contribution in [3.63, 3.8) is 0 Å². The first kappa shape index (κ1) is 18.4. The minimum Gasteiger partial charge on any atom is -0.450 e. The molecular formula is C16H29N5O3. The quantitative estimate of drug-likeness (QED) is 0.412. The topological polar surface area (TPSA) is 86.3 Å². The number of hydrogen-bond acceptors (Lipinski definition) is 4. The standard InChI is InChI=1S/C16H29N5O3/c1-3-17-15(19-8-7-18-14(22)13-5-6-13)20-9-11-21(12-10-20)16(23)24-4-2/h13H,3-12H2,1-2H3,(H,17,19)(H,18,22). The monoisotopic (exact) mass is 339 g/mol. The third-order valence-corrected chi connectivity index (χ3v) is 4.06. The molecule has 2 N–H and O–H groups in total. The van der Waals surface area contributed by atoms with Crippen molar-refractivity contribution in [2.45, 2.75) is 26.7 Å². The average molecular weight is 339 g/mol. The zero-order chi connectivity index (χ0) is 17.4. The number of ether oxygens (including phenoxy) is 1. The van der Waals surface area contributed by atoms with Gasteiger partial charge in [0.25, 0.3) is 0 Å². The van der Waals surface area contributed by atoms with Crippen LogP contribution in [0.4, 0.5) is 4.79 Å². The van der Waals surface area contributed by atoms with Crippen LogP contribution in [0.25, 0.3) is 0 Å². The minimum atomic E-state index is -0.248. The number of amides is 2. The summed E-state index contributed by atoms with van der Waals surface area (Å²) < 4.78 is 5.03. The zero-order valence-electron chi connectivity index (χ0n) is 14.7. The molecule has 0 atom stereocenters. The van der Waals surface area contributed by atoms with Crippen LogP contribution in [0.3, 0.4) is 0 Å². The maximum absolute atomic E-state index is 11.7. The number of aliphatic imine (C=N–C) groups is 1. The number of nitrogens with one attached hydrogen (secondary N) is 2. The second-order valence-corrected chi connectivity index (χ2v) is 5.97. The van der Waals surface area contributed by atoms with Crippen LogP contribution >= 0.6 is 0 Å². The van der Waals surface area contributed by atoms with E-state index in [1.54, 1.807) is 4.90 Å². The van der Waals surface area contributed by atoms with Crippen molar-refractivity contribution in [1.29, 1.82) is 0 Å². The van der Waals surface area contributed by atoms with Gasteiger partial charge in [0.05, 0.1) is 13.2 Å². The summed E-state index contributed by atoms with van der Waals surface area (Å²) in [5.41, 5.74) is 0. The Labute approximate surface area is 143 Å². The lowest BCUT2D eigenvalue weighted by molar-refractivity contribution is -0.122. The van der Waals surface area contributed by atoms with Crippen molar-refractivity contribution >= 4 is 18.0 Å². The molecule has 1 saturated heterocycles. The molecule has 0 aromatic heterocycles. The van der Waals surface area contributed by atoms with Crippen molar-refractivity contribution in [3.8, 4) is 0 Å². The van der Waals surface area contributed by atoms with Crippen molar-refractivity contribution in [1.82, 2.24) is 20.4 Å². The van der Waals surface area contributed by atoms with Crippen LogP contribution in [-0.2, 0) is 9.53 Å². The summed E-state index contributed by atoms with van der Waals surface area (Å²) in [6, 6.07) is 0. The van der Waals surface area contributed by atoms with Crippen LogP contribution in [0, 0.1) is 5.92 Å². The van der Waals surface area contributed by atoms with Gasteiger partial charge in [0.2, 0.25) is 5.91 Å². The third kappa shape index (κ3) is 5.58. The number of rotatable bonds is 6. The van der Waals surface area contributed by atoms with Crippen molar-refractivity contribution in [2.75, 3.05) is 52.4 Å². The minimum absolute atomic E-state index is 0.151. The Morgan fingerprint density at radius 3 is 2.33 bits per heavy atom. The van der Waals surface area contributed by atoms with Crippen LogP contribution in [0.15, 0.2) is 4.99 Å². The summed E-state index contributed by atoms with van der Waals surface area (Å²) >= 11 is 0. The lowest BCUT2D eigenvalue weighted by Crippen LogP contribution is -2.54. The van der Waals surface area contributed by atoms with Crippen molar-refractivity contribution in [3.05, 3.63) is 0 Å². The normalized spacial score (nSPS) is 18.3. The molecule has 0 radical (unpaired) electrons. The van der Waals surface area contributed by atoms with E-state index in [-0.39, 0.29) is 17.9 Å². The van der Waals surface area contributed by atoms with Gasteiger partial charge in [-0.3, -0.25) is 9.79 Å². The highest BCUT2D eigenvalue weighted by Gasteiger charge is 2.29. The number of hydrogen-bond donors (Lipinski definition) is 2. The van der Waals surface area contributed by atoms with Gasteiger partial charge < -0.3 is 25.2 Å². The van der Waals surface area contributed by atoms with Gasteiger partial charge >= 0.3 is 6.09 Å². The molecule has 2 rings (SSSR count). The van der Waals surface area contributed by atoms with E-state index >= 15 is 0 Å². The number of nitrogens with zero attached hydrogens (tertiary/aromatic N) is 3. The second-order valence-electron chi connectivity index (χ2n) is 5.97. The fourth-order valence-electron chi connectivity index (χ4n) is 2.57. The highest BCUT2D eigenvalue weighted by Crippen LogP contribution is 2.28. The zero-order valence-corrected chi connectivity index (χ0v) is 14.7. The maximum atomic E-state index is 11.7. The summed E-state index contributed by atoms with van der Waals surface area (Å²) in [5.74, 6) is 1.22. The Hall–Kier alpha value is -1.99. The lowest BCUT2D eigenvalue weighted by Gasteiger charge is -2.35. The maximum Gasteiger partial charge on any atom is 0.409 e. The van der Waals surface area contributed by atoms with E-state index in [1.165, 1.54) is 0 Å². The predicted octanol–water partition coefficient (Wildman–Crippen LogP) is 0.252. The molecule has 1 saturated carbocycles. The first-order valence-electron chi connectivity index (χ1n) is 8.88. The van der Waals surface area contributed by atoms with Gasteiger partial charge in [-0.25, -0.2) is 4.79 Å². The first-order valence-corrected chi connectivity index (χ1v) is 8.88. The Morgan fingerprint density at radius 2 is 1.75 bits per heavy atom. The smallest absolute Gasteiger partial charge is 0.409 e. The van der Waals surface area contributed by atoms with Gasteiger partial charge in [-0.1, -0.05) is 0 Å². The molecule has 0 unspecified atom stereocenters. The van der Waals surface area contributed by atoms with Crippen LogP contribution in [0.2, 0.25) is 0 Å². The molecule has 0 aromatic rings. The highest BCUT2D eigenvalue weighted by atomic mass is 16.6. The summed E-state index contributed by atoms with van der Waals surface area (Å²) in [7, 11) is 0. The number of carbonyl (C=O) groups excluding carboxylic acids is 2. The third-order valence-electron chi connectivity index (χ3n) is 4.06. The van der Waals surface area contributed by atoms with Gasteiger partial charge in [0.15, 0.2) is 5.96 Å². The van der Waals surface area contributed by atoms with Gasteiger partial charge in [0, 0.05) is 45.2 Å². The SMILES string of the molecule is CCNC(=NCCNC(=O)C1CC1)N1CCN(C(=O)OCC)CC1. The molecule has 1 heterocycles. The molecule has 2 amide bonds. The second kappa shape index (κ2) is 9.34. The predicted molar refractivity (Wildman–Crippen MR) is 91.9 cm³/mol. The molecule has 2 aliphatic rings. The van der Waals surface area contributed by atoms with E-state index in [9.17, 15) is 9.59 Å². The van der Waals surface area contributed by atoms with E-state index in [0.29, 0.717) is 32.8 Å². The van der Waals surface area contributed by atoms with E-state index in [4.69, 9.17) is 4.74 Å². The number of carbonyl (C=O) groups is 2. The summed E-state index contributed by atoms with van der Waals surface area (Å²) in [4.78, 5) is 31.8. The van der Waals surface area contributed by atoms with E-state index < -0.39 is 0 Å². The molecule has 8 nitrogen and oxygen atoms in total. The van der Waals surface area contributed by atoms with Crippen LogP contribution in [0.5, 0.6) is 0 Å². The molecule has 2 fully saturated rings. The first-order chi connectivity index (χ1) is 11.7. The fraction of sp³-hybridized carbons (Fsp3) is 0.812. The van der Waals surface area contributed by atoms with E-state index in [2.05, 4.69) is 20.5 Å². The van der Waals surface area contributed by atoms with Crippen LogP contribution in [-0.4, -0.2) is 80.2 Å². The number of piperazine rings is 1. The average Bonchev–Trinajstić information content (AvgIpc) is 3.43. The molecule has 1 aliphatic carbocycles. The number of guanidine groups is 1. The Balaban J connectivity index is 1.76. The lowest BCUT2D eigenvalue weighted by atomic mass is 10.3. The van der Waals surface area contributed by atoms with Gasteiger partial charge in [-0.05, 0) is 26.7 Å². The Morgan fingerprint density at radius 1 is 1.08 bits per heavy atom. The molecule has 8 heteroatoms. The van der Waals surface area contributed by atoms with Gasteiger partial charge in [-0.2, -0.15) is 0 Å². The molecule has 0 bridgehead atoms.